The minimum atomic E-state index is 0.157. The number of para-hydroxylation sites is 1. The summed E-state index contributed by atoms with van der Waals surface area (Å²) >= 11 is 4.68. The number of thiocarbonyl (C=S) groups is 1. The van der Waals surface area contributed by atoms with Crippen molar-refractivity contribution in [1.82, 2.24) is 10.9 Å². The van der Waals surface area contributed by atoms with Gasteiger partial charge >= 0.3 is 0 Å². The molecule has 0 radical (unpaired) electrons. The topological polar surface area (TPSA) is 82.7 Å². The Morgan fingerprint density at radius 2 is 2.21 bits per heavy atom. The summed E-state index contributed by atoms with van der Waals surface area (Å²) < 4.78 is 0. The second-order valence-corrected chi connectivity index (χ2v) is 2.81. The second kappa shape index (κ2) is 5.15. The lowest BCUT2D eigenvalue weighted by atomic mass is 10.2. The van der Waals surface area contributed by atoms with Gasteiger partial charge in [0, 0.05) is 5.56 Å². The Morgan fingerprint density at radius 3 is 2.86 bits per heavy atom. The standard InChI is InChI=1S/C8H10N4OS/c9-11-8(14)12-10-5-6-3-1-2-4-7(6)13/h1-5,13H,9H2,(H2,11,12,14)/b10-5+. The minimum absolute atomic E-state index is 0.157. The van der Waals surface area contributed by atoms with Gasteiger partial charge in [-0.15, -0.1) is 0 Å². The SMILES string of the molecule is NNC(=S)N/N=C/c1ccccc1O. The van der Waals surface area contributed by atoms with Crippen LogP contribution in [0, 0.1) is 0 Å². The van der Waals surface area contributed by atoms with E-state index in [0.29, 0.717) is 5.56 Å². The molecule has 0 amide bonds. The lowest BCUT2D eigenvalue weighted by Crippen LogP contribution is -2.37. The molecule has 0 unspecified atom stereocenters. The van der Waals surface area contributed by atoms with Crippen molar-refractivity contribution >= 4 is 23.5 Å². The first kappa shape index (κ1) is 10.4. The molecule has 0 aliphatic rings. The number of hydrogen-bond donors (Lipinski definition) is 4. The molecule has 0 saturated carbocycles. The molecule has 6 heteroatoms. The molecule has 0 spiro atoms. The zero-order chi connectivity index (χ0) is 10.4. The van der Waals surface area contributed by atoms with Gasteiger partial charge in [-0.1, -0.05) is 12.1 Å². The second-order valence-electron chi connectivity index (χ2n) is 2.40. The number of aromatic hydroxyl groups is 1. The maximum absolute atomic E-state index is 9.34. The highest BCUT2D eigenvalue weighted by Crippen LogP contribution is 2.12. The van der Waals surface area contributed by atoms with Gasteiger partial charge in [0.15, 0.2) is 0 Å². The highest BCUT2D eigenvalue weighted by atomic mass is 32.1. The Hall–Kier alpha value is -1.66. The number of rotatable bonds is 2. The van der Waals surface area contributed by atoms with E-state index in [2.05, 4.69) is 28.2 Å². The van der Waals surface area contributed by atoms with Gasteiger partial charge in [-0.25, -0.2) is 5.84 Å². The van der Waals surface area contributed by atoms with E-state index in [0.717, 1.165) is 0 Å². The number of phenols is 1. The van der Waals surface area contributed by atoms with Gasteiger partial charge < -0.3 is 5.11 Å². The molecule has 0 aliphatic heterocycles. The van der Waals surface area contributed by atoms with Crippen LogP contribution >= 0.6 is 12.2 Å². The Bertz CT molecular complexity index is 353. The van der Waals surface area contributed by atoms with Crippen LogP contribution in [0.2, 0.25) is 0 Å². The number of hydrazone groups is 1. The van der Waals surface area contributed by atoms with Gasteiger partial charge in [0.1, 0.15) is 5.75 Å². The molecule has 0 bridgehead atoms. The van der Waals surface area contributed by atoms with Crippen LogP contribution in [0.5, 0.6) is 5.75 Å². The predicted molar refractivity (Wildman–Crippen MR) is 58.8 cm³/mol. The van der Waals surface area contributed by atoms with Gasteiger partial charge in [0.2, 0.25) is 5.11 Å². The fourth-order valence-electron chi connectivity index (χ4n) is 0.789. The molecule has 5 N–H and O–H groups in total. The Kier molecular flexibility index (Phi) is 3.84. The third kappa shape index (κ3) is 3.00. The van der Waals surface area contributed by atoms with Gasteiger partial charge in [0.05, 0.1) is 6.21 Å². The number of hydrogen-bond acceptors (Lipinski definition) is 4. The number of hydrazine groups is 1. The smallest absolute Gasteiger partial charge is 0.201 e. The monoisotopic (exact) mass is 210 g/mol. The van der Waals surface area contributed by atoms with E-state index in [1.165, 1.54) is 6.21 Å². The van der Waals surface area contributed by atoms with Crippen molar-refractivity contribution < 1.29 is 5.11 Å². The number of nitrogens with one attached hydrogen (secondary N) is 2. The molecule has 0 aromatic heterocycles. The molecule has 1 aromatic carbocycles. The van der Waals surface area contributed by atoms with Crippen molar-refractivity contribution in [2.45, 2.75) is 0 Å². The molecular weight excluding hydrogens is 200 g/mol. The van der Waals surface area contributed by atoms with E-state index in [9.17, 15) is 5.11 Å². The Balaban J connectivity index is 2.60. The predicted octanol–water partition coefficient (Wildman–Crippen LogP) is 0.0639. The van der Waals surface area contributed by atoms with Crippen LogP contribution in [0.1, 0.15) is 5.56 Å². The molecule has 1 rings (SSSR count). The van der Waals surface area contributed by atoms with Crippen LogP contribution in [0.4, 0.5) is 0 Å². The maximum atomic E-state index is 9.34. The fraction of sp³-hybridized carbons (Fsp3) is 0. The van der Waals surface area contributed by atoms with E-state index in [1.54, 1.807) is 24.3 Å². The fourth-order valence-corrected chi connectivity index (χ4v) is 0.842. The number of nitrogens with zero attached hydrogens (tertiary/aromatic N) is 1. The van der Waals surface area contributed by atoms with Crippen LogP contribution < -0.4 is 16.7 Å². The summed E-state index contributed by atoms with van der Waals surface area (Å²) in [5.74, 6) is 5.16. The summed E-state index contributed by atoms with van der Waals surface area (Å²) in [6.45, 7) is 0. The van der Waals surface area contributed by atoms with Gasteiger partial charge in [-0.05, 0) is 24.4 Å². The van der Waals surface area contributed by atoms with E-state index in [-0.39, 0.29) is 10.9 Å². The first-order valence-corrected chi connectivity index (χ1v) is 4.22. The van der Waals surface area contributed by atoms with E-state index < -0.39 is 0 Å². The van der Waals surface area contributed by atoms with Gasteiger partial charge in [-0.3, -0.25) is 10.9 Å². The number of phenolic OH excluding ortho intramolecular Hbond substituents is 1. The van der Waals surface area contributed by atoms with Crippen LogP contribution in [0.25, 0.3) is 0 Å². The van der Waals surface area contributed by atoms with Crippen molar-refractivity contribution in [3.8, 4) is 5.75 Å². The lowest BCUT2D eigenvalue weighted by molar-refractivity contribution is 0.474. The Morgan fingerprint density at radius 1 is 1.50 bits per heavy atom. The average Bonchev–Trinajstić information content (AvgIpc) is 2.20. The van der Waals surface area contributed by atoms with Crippen molar-refractivity contribution in [2.75, 3.05) is 0 Å². The van der Waals surface area contributed by atoms with Gasteiger partial charge in [-0.2, -0.15) is 5.10 Å². The third-order valence-corrected chi connectivity index (χ3v) is 1.65. The van der Waals surface area contributed by atoms with Gasteiger partial charge in [0.25, 0.3) is 0 Å². The van der Waals surface area contributed by atoms with Crippen LogP contribution in [-0.2, 0) is 0 Å². The summed E-state index contributed by atoms with van der Waals surface area (Å²) in [5.41, 5.74) is 5.27. The number of nitrogens with two attached hydrogens (primary N) is 1. The van der Waals surface area contributed by atoms with E-state index in [4.69, 9.17) is 5.84 Å². The zero-order valence-electron chi connectivity index (χ0n) is 7.27. The van der Waals surface area contributed by atoms with E-state index in [1.807, 2.05) is 0 Å². The lowest BCUT2D eigenvalue weighted by Gasteiger charge is -2.00. The quantitative estimate of drug-likeness (QED) is 0.240. The molecule has 5 nitrogen and oxygen atoms in total. The number of benzene rings is 1. The van der Waals surface area contributed by atoms with Crippen LogP contribution in [0.3, 0.4) is 0 Å². The molecule has 0 aliphatic carbocycles. The molecule has 0 heterocycles. The molecule has 0 atom stereocenters. The summed E-state index contributed by atoms with van der Waals surface area (Å²) in [6.07, 6.45) is 1.44. The largest absolute Gasteiger partial charge is 0.507 e. The Labute approximate surface area is 86.6 Å². The van der Waals surface area contributed by atoms with Crippen molar-refractivity contribution in [3.05, 3.63) is 29.8 Å². The first-order valence-electron chi connectivity index (χ1n) is 3.81. The van der Waals surface area contributed by atoms with Crippen LogP contribution in [-0.4, -0.2) is 16.4 Å². The highest BCUT2D eigenvalue weighted by molar-refractivity contribution is 7.80. The molecule has 1 aromatic rings. The zero-order valence-corrected chi connectivity index (χ0v) is 8.08. The molecule has 0 fully saturated rings. The average molecular weight is 210 g/mol. The van der Waals surface area contributed by atoms with Crippen LogP contribution in [0.15, 0.2) is 29.4 Å². The molecule has 14 heavy (non-hydrogen) atoms. The normalized spacial score (nSPS) is 10.1. The van der Waals surface area contributed by atoms with Crippen molar-refractivity contribution in [3.63, 3.8) is 0 Å². The summed E-state index contributed by atoms with van der Waals surface area (Å²) in [6, 6.07) is 6.81. The van der Waals surface area contributed by atoms with Crippen molar-refractivity contribution in [2.24, 2.45) is 10.9 Å². The summed E-state index contributed by atoms with van der Waals surface area (Å²) in [7, 11) is 0. The summed E-state index contributed by atoms with van der Waals surface area (Å²) in [5, 5.41) is 13.3. The first-order chi connectivity index (χ1) is 6.74. The molecule has 0 saturated heterocycles. The third-order valence-electron chi connectivity index (χ3n) is 1.44. The highest BCUT2D eigenvalue weighted by Gasteiger charge is 1.94. The maximum Gasteiger partial charge on any atom is 0.201 e. The minimum Gasteiger partial charge on any atom is -0.507 e. The molecule has 74 valence electrons. The molecular formula is C8H10N4OS. The van der Waals surface area contributed by atoms with E-state index >= 15 is 0 Å². The van der Waals surface area contributed by atoms with Crippen molar-refractivity contribution in [1.29, 1.82) is 0 Å². The summed E-state index contributed by atoms with van der Waals surface area (Å²) in [4.78, 5) is 0.